The molecule has 0 fully saturated rings. The maximum absolute atomic E-state index is 11.5. The van der Waals surface area contributed by atoms with Gasteiger partial charge in [-0.05, 0) is 24.6 Å². The number of carbonyl (C=O) groups excluding carboxylic acids is 1. The summed E-state index contributed by atoms with van der Waals surface area (Å²) in [4.78, 5) is 11.5. The van der Waals surface area contributed by atoms with E-state index in [4.69, 9.17) is 11.2 Å². The molecule has 20 heavy (non-hydrogen) atoms. The molecule has 0 unspecified atom stereocenters. The average molecular weight is 277 g/mol. The molecule has 0 radical (unpaired) electrons. The summed E-state index contributed by atoms with van der Waals surface area (Å²) in [5, 5.41) is 12.5. The molecule has 0 aliphatic rings. The fourth-order valence-electron chi connectivity index (χ4n) is 1.63. The van der Waals surface area contributed by atoms with Crippen LogP contribution < -0.4 is 10.1 Å². The van der Waals surface area contributed by atoms with Crippen molar-refractivity contribution in [3.63, 3.8) is 0 Å². The zero-order valence-corrected chi connectivity index (χ0v) is 11.6. The predicted molar refractivity (Wildman–Crippen MR) is 75.1 cm³/mol. The number of carbonyl (C=O) groups is 1. The summed E-state index contributed by atoms with van der Waals surface area (Å²) in [6, 6.07) is 6.55. The van der Waals surface area contributed by atoms with E-state index in [1.54, 1.807) is 12.1 Å². The van der Waals surface area contributed by atoms with Gasteiger partial charge in [-0.25, -0.2) is 0 Å². The molecular weight excluding hydrogens is 258 g/mol. The Morgan fingerprint density at radius 3 is 2.60 bits per heavy atom. The zero-order valence-electron chi connectivity index (χ0n) is 11.6. The molecule has 108 valence electrons. The number of methoxy groups -OCH3 is 1. The highest BCUT2D eigenvalue weighted by molar-refractivity contribution is 5.76. The van der Waals surface area contributed by atoms with Crippen LogP contribution in [0.5, 0.6) is 5.75 Å². The van der Waals surface area contributed by atoms with Crippen LogP contribution in [-0.2, 0) is 16.1 Å². The van der Waals surface area contributed by atoms with Crippen molar-refractivity contribution in [2.75, 3.05) is 13.7 Å². The Labute approximate surface area is 118 Å². The molecule has 5 nitrogen and oxygen atoms in total. The van der Waals surface area contributed by atoms with Crippen LogP contribution in [0.4, 0.5) is 0 Å². The first-order valence-corrected chi connectivity index (χ1v) is 6.23. The first-order valence-electron chi connectivity index (χ1n) is 6.23. The molecule has 1 aromatic rings. The van der Waals surface area contributed by atoms with Crippen molar-refractivity contribution in [3.8, 4) is 18.1 Å². The quantitative estimate of drug-likeness (QED) is 0.567. The summed E-state index contributed by atoms with van der Waals surface area (Å²) in [5.74, 6) is 2.58. The van der Waals surface area contributed by atoms with Gasteiger partial charge in [0.25, 0.3) is 0 Å². The zero-order chi connectivity index (χ0) is 15.0. The molecule has 0 saturated carbocycles. The highest BCUT2D eigenvalue weighted by Gasteiger charge is 2.23. The van der Waals surface area contributed by atoms with Gasteiger partial charge in [-0.15, -0.1) is 6.42 Å². The van der Waals surface area contributed by atoms with Crippen LogP contribution in [0.3, 0.4) is 0 Å². The molecular formula is C15H19NO4. The third kappa shape index (κ3) is 4.92. The Morgan fingerprint density at radius 2 is 2.10 bits per heavy atom. The summed E-state index contributed by atoms with van der Waals surface area (Å²) in [6.07, 6.45) is 4.27. The van der Waals surface area contributed by atoms with Gasteiger partial charge in [0.1, 0.15) is 18.4 Å². The highest BCUT2D eigenvalue weighted by Crippen LogP contribution is 2.12. The van der Waals surface area contributed by atoms with Crippen LogP contribution in [0.2, 0.25) is 0 Å². The van der Waals surface area contributed by atoms with Crippen LogP contribution in [0.15, 0.2) is 24.3 Å². The smallest absolute Gasteiger partial charge is 0.325 e. The van der Waals surface area contributed by atoms with Crippen molar-refractivity contribution in [1.29, 1.82) is 0 Å². The van der Waals surface area contributed by atoms with Gasteiger partial charge in [0.15, 0.2) is 0 Å². The lowest BCUT2D eigenvalue weighted by atomic mass is 10.1. The van der Waals surface area contributed by atoms with E-state index in [1.807, 2.05) is 12.1 Å². The number of esters is 1. The topological polar surface area (TPSA) is 67.8 Å². The minimum Gasteiger partial charge on any atom is -0.481 e. The third-order valence-corrected chi connectivity index (χ3v) is 2.71. The van der Waals surface area contributed by atoms with Crippen LogP contribution in [0, 0.1) is 12.3 Å². The average Bonchev–Trinajstić information content (AvgIpc) is 2.45. The molecule has 0 saturated heterocycles. The second-order valence-electron chi connectivity index (χ2n) is 4.26. The summed E-state index contributed by atoms with van der Waals surface area (Å²) >= 11 is 0. The van der Waals surface area contributed by atoms with Crippen molar-refractivity contribution < 1.29 is 19.4 Å². The van der Waals surface area contributed by atoms with Crippen molar-refractivity contribution in [3.05, 3.63) is 29.8 Å². The summed E-state index contributed by atoms with van der Waals surface area (Å²) < 4.78 is 9.88. The fourth-order valence-corrected chi connectivity index (χ4v) is 1.63. The second-order valence-corrected chi connectivity index (χ2v) is 4.26. The molecule has 1 rings (SSSR count). The molecule has 5 heteroatoms. The molecule has 0 aliphatic heterocycles. The van der Waals surface area contributed by atoms with E-state index in [9.17, 15) is 9.90 Å². The Bertz CT molecular complexity index is 462. The van der Waals surface area contributed by atoms with Crippen molar-refractivity contribution in [1.82, 2.24) is 5.32 Å². The number of hydrogen-bond acceptors (Lipinski definition) is 5. The highest BCUT2D eigenvalue weighted by atomic mass is 16.5. The molecule has 0 heterocycles. The number of aliphatic hydroxyl groups excluding tert-OH is 1. The number of hydrogen-bond donors (Lipinski definition) is 2. The molecule has 0 aliphatic carbocycles. The Kier molecular flexibility index (Phi) is 6.57. The van der Waals surface area contributed by atoms with Crippen molar-refractivity contribution in [2.45, 2.75) is 25.6 Å². The van der Waals surface area contributed by atoms with Gasteiger partial charge in [0.05, 0.1) is 13.2 Å². The minimum absolute atomic E-state index is 0.226. The molecule has 2 atom stereocenters. The van der Waals surface area contributed by atoms with Crippen LogP contribution in [0.1, 0.15) is 12.5 Å². The lowest BCUT2D eigenvalue weighted by Crippen LogP contribution is -2.45. The first kappa shape index (κ1) is 16.0. The second kappa shape index (κ2) is 8.20. The molecule has 2 N–H and O–H groups in total. The Morgan fingerprint density at radius 1 is 1.45 bits per heavy atom. The van der Waals surface area contributed by atoms with Gasteiger partial charge in [-0.3, -0.25) is 10.1 Å². The minimum atomic E-state index is -0.833. The number of aliphatic hydroxyl groups is 1. The van der Waals surface area contributed by atoms with Gasteiger partial charge in [-0.2, -0.15) is 0 Å². The summed E-state index contributed by atoms with van der Waals surface area (Å²) in [7, 11) is 1.29. The summed E-state index contributed by atoms with van der Waals surface area (Å²) in [5.41, 5.74) is 0.951. The van der Waals surface area contributed by atoms with Crippen LogP contribution in [0.25, 0.3) is 0 Å². The van der Waals surface area contributed by atoms with E-state index in [0.29, 0.717) is 12.3 Å². The lowest BCUT2D eigenvalue weighted by Gasteiger charge is -2.19. The largest absolute Gasteiger partial charge is 0.481 e. The first-order chi connectivity index (χ1) is 9.58. The number of terminal acetylenes is 1. The summed E-state index contributed by atoms with van der Waals surface area (Å²) in [6.45, 7) is 2.19. The SMILES string of the molecule is C#CCOc1ccc(CN[C@@H](C(=O)OC)[C@@H](C)O)cc1. The molecule has 0 bridgehead atoms. The van der Waals surface area contributed by atoms with E-state index < -0.39 is 18.1 Å². The lowest BCUT2D eigenvalue weighted by molar-refractivity contribution is -0.145. The van der Waals surface area contributed by atoms with E-state index in [-0.39, 0.29) is 6.61 Å². The van der Waals surface area contributed by atoms with Crippen LogP contribution in [-0.4, -0.2) is 36.9 Å². The van der Waals surface area contributed by atoms with Gasteiger partial charge in [0, 0.05) is 6.54 Å². The fraction of sp³-hybridized carbons (Fsp3) is 0.400. The molecule has 0 aromatic heterocycles. The van der Waals surface area contributed by atoms with E-state index in [2.05, 4.69) is 16.0 Å². The number of ether oxygens (including phenoxy) is 2. The van der Waals surface area contributed by atoms with Gasteiger partial charge < -0.3 is 14.6 Å². The van der Waals surface area contributed by atoms with Crippen molar-refractivity contribution in [2.24, 2.45) is 0 Å². The molecule has 1 aromatic carbocycles. The van der Waals surface area contributed by atoms with E-state index in [1.165, 1.54) is 14.0 Å². The van der Waals surface area contributed by atoms with Gasteiger partial charge in [-0.1, -0.05) is 18.1 Å². The van der Waals surface area contributed by atoms with E-state index in [0.717, 1.165) is 5.56 Å². The Hall–Kier alpha value is -2.03. The number of rotatable bonds is 7. The maximum Gasteiger partial charge on any atom is 0.325 e. The van der Waals surface area contributed by atoms with E-state index >= 15 is 0 Å². The molecule has 0 spiro atoms. The van der Waals surface area contributed by atoms with Crippen molar-refractivity contribution >= 4 is 5.97 Å². The Balaban J connectivity index is 2.56. The number of nitrogens with one attached hydrogen (secondary N) is 1. The van der Waals surface area contributed by atoms with Crippen LogP contribution >= 0.6 is 0 Å². The monoisotopic (exact) mass is 277 g/mol. The molecule has 0 amide bonds. The standard InChI is InChI=1S/C15H19NO4/c1-4-9-20-13-7-5-12(6-8-13)10-16-14(11(2)17)15(18)19-3/h1,5-8,11,14,16-17H,9-10H2,2-3H3/t11-,14-/m1/s1. The van der Waals surface area contributed by atoms with Gasteiger partial charge in [0.2, 0.25) is 0 Å². The normalized spacial score (nSPS) is 13.1. The maximum atomic E-state index is 11.5. The third-order valence-electron chi connectivity index (χ3n) is 2.71. The number of benzene rings is 1. The predicted octanol–water partition coefficient (Wildman–Crippen LogP) is 0.711. The van der Waals surface area contributed by atoms with Gasteiger partial charge >= 0.3 is 5.97 Å².